The van der Waals surface area contributed by atoms with Crippen molar-refractivity contribution in [1.82, 2.24) is 14.3 Å². The van der Waals surface area contributed by atoms with Crippen molar-refractivity contribution in [2.24, 2.45) is 0 Å². The maximum Gasteiger partial charge on any atom is 0.202 e. The van der Waals surface area contributed by atoms with Crippen molar-refractivity contribution in [3.63, 3.8) is 0 Å². The zero-order valence-electron chi connectivity index (χ0n) is 11.4. The summed E-state index contributed by atoms with van der Waals surface area (Å²) in [6.45, 7) is 12.0. The van der Waals surface area contributed by atoms with Crippen LogP contribution in [0.15, 0.2) is 0 Å². The minimum Gasteiger partial charge on any atom is -0.358 e. The van der Waals surface area contributed by atoms with E-state index in [0.29, 0.717) is 6.04 Å². The lowest BCUT2D eigenvalue weighted by atomic mass is 10.2. The van der Waals surface area contributed by atoms with Crippen LogP contribution in [0.1, 0.15) is 39.4 Å². The number of aryl methyl sites for hydroxylation is 1. The van der Waals surface area contributed by atoms with Gasteiger partial charge in [-0.05, 0) is 46.3 Å². The fourth-order valence-corrected chi connectivity index (χ4v) is 2.49. The second-order valence-corrected chi connectivity index (χ2v) is 5.11. The van der Waals surface area contributed by atoms with Gasteiger partial charge in [0.2, 0.25) is 5.13 Å². The summed E-state index contributed by atoms with van der Waals surface area (Å²) in [5, 5.41) is 4.34. The van der Waals surface area contributed by atoms with Gasteiger partial charge in [0.05, 0.1) is 0 Å². The molecule has 0 radical (unpaired) electrons. The van der Waals surface area contributed by atoms with E-state index >= 15 is 0 Å². The van der Waals surface area contributed by atoms with Crippen LogP contribution in [0.5, 0.6) is 0 Å². The topological polar surface area (TPSA) is 41.0 Å². The van der Waals surface area contributed by atoms with Crippen LogP contribution in [-0.2, 0) is 0 Å². The predicted molar refractivity (Wildman–Crippen MR) is 74.8 cm³/mol. The average molecular weight is 256 g/mol. The van der Waals surface area contributed by atoms with E-state index < -0.39 is 0 Å². The Labute approximate surface area is 109 Å². The summed E-state index contributed by atoms with van der Waals surface area (Å²) < 4.78 is 4.16. The first-order valence-corrected chi connectivity index (χ1v) is 7.22. The highest BCUT2D eigenvalue weighted by Gasteiger charge is 2.06. The van der Waals surface area contributed by atoms with Gasteiger partial charge in [0.1, 0.15) is 5.82 Å². The summed E-state index contributed by atoms with van der Waals surface area (Å²) in [6, 6.07) is 0.470. The normalized spacial score (nSPS) is 13.0. The fourth-order valence-electron chi connectivity index (χ4n) is 1.80. The summed E-state index contributed by atoms with van der Waals surface area (Å²) in [5.41, 5.74) is 0. The van der Waals surface area contributed by atoms with Crippen LogP contribution in [0.25, 0.3) is 0 Å². The SMILES string of the molecule is CCN(CC)CCCC(C)Nc1nc(C)ns1. The summed E-state index contributed by atoms with van der Waals surface area (Å²) in [7, 11) is 0. The van der Waals surface area contributed by atoms with Gasteiger partial charge in [-0.1, -0.05) is 13.8 Å². The molecule has 1 atom stereocenters. The largest absolute Gasteiger partial charge is 0.358 e. The van der Waals surface area contributed by atoms with Crippen molar-refractivity contribution >= 4 is 16.7 Å². The van der Waals surface area contributed by atoms with Crippen LogP contribution in [0.2, 0.25) is 0 Å². The summed E-state index contributed by atoms with van der Waals surface area (Å²) in [4.78, 5) is 6.77. The number of nitrogens with one attached hydrogen (secondary N) is 1. The molecule has 0 aliphatic heterocycles. The second kappa shape index (κ2) is 7.61. The van der Waals surface area contributed by atoms with Gasteiger partial charge in [0.15, 0.2) is 0 Å². The Balaban J connectivity index is 2.19. The number of nitrogens with zero attached hydrogens (tertiary/aromatic N) is 3. The van der Waals surface area contributed by atoms with Crippen LogP contribution in [0.4, 0.5) is 5.13 Å². The van der Waals surface area contributed by atoms with E-state index in [0.717, 1.165) is 24.0 Å². The smallest absolute Gasteiger partial charge is 0.202 e. The van der Waals surface area contributed by atoms with Crippen LogP contribution in [-0.4, -0.2) is 39.9 Å². The molecule has 98 valence electrons. The molecule has 1 heterocycles. The molecule has 0 aliphatic rings. The third-order valence-electron chi connectivity index (χ3n) is 2.90. The molecule has 0 fully saturated rings. The van der Waals surface area contributed by atoms with Crippen molar-refractivity contribution in [2.75, 3.05) is 25.0 Å². The van der Waals surface area contributed by atoms with E-state index in [-0.39, 0.29) is 0 Å². The molecule has 0 aliphatic carbocycles. The zero-order valence-corrected chi connectivity index (χ0v) is 12.2. The number of hydrogen-bond donors (Lipinski definition) is 1. The third-order valence-corrected chi connectivity index (χ3v) is 3.64. The first-order valence-electron chi connectivity index (χ1n) is 6.44. The lowest BCUT2D eigenvalue weighted by Gasteiger charge is -2.19. The maximum atomic E-state index is 4.31. The quantitative estimate of drug-likeness (QED) is 0.776. The van der Waals surface area contributed by atoms with Gasteiger partial charge < -0.3 is 10.2 Å². The van der Waals surface area contributed by atoms with Crippen molar-refractivity contribution in [2.45, 2.75) is 46.6 Å². The van der Waals surface area contributed by atoms with E-state index in [2.05, 4.69) is 40.3 Å². The van der Waals surface area contributed by atoms with Gasteiger partial charge in [-0.25, -0.2) is 4.98 Å². The molecule has 0 saturated carbocycles. The maximum absolute atomic E-state index is 4.31. The molecule has 0 aromatic carbocycles. The van der Waals surface area contributed by atoms with E-state index in [1.165, 1.54) is 30.9 Å². The van der Waals surface area contributed by atoms with E-state index in [9.17, 15) is 0 Å². The van der Waals surface area contributed by atoms with Crippen molar-refractivity contribution in [3.05, 3.63) is 5.82 Å². The number of aromatic nitrogens is 2. The van der Waals surface area contributed by atoms with E-state index in [1.54, 1.807) is 0 Å². The van der Waals surface area contributed by atoms with Gasteiger partial charge in [-0.3, -0.25) is 0 Å². The molecular formula is C12H24N4S. The Bertz CT molecular complexity index is 309. The molecule has 0 bridgehead atoms. The van der Waals surface area contributed by atoms with Crippen LogP contribution in [0, 0.1) is 6.92 Å². The van der Waals surface area contributed by atoms with E-state index in [4.69, 9.17) is 0 Å². The third kappa shape index (κ3) is 5.46. The predicted octanol–water partition coefficient (Wildman–Crippen LogP) is 2.77. The van der Waals surface area contributed by atoms with Crippen LogP contribution < -0.4 is 5.32 Å². The molecule has 0 saturated heterocycles. The highest BCUT2D eigenvalue weighted by molar-refractivity contribution is 7.09. The Morgan fingerprint density at radius 2 is 2.06 bits per heavy atom. The molecule has 0 amide bonds. The number of rotatable bonds is 8. The number of hydrogen-bond acceptors (Lipinski definition) is 5. The molecule has 1 aromatic rings. The Hall–Kier alpha value is -0.680. The molecule has 1 N–H and O–H groups in total. The van der Waals surface area contributed by atoms with Crippen molar-refractivity contribution in [1.29, 1.82) is 0 Å². The molecule has 1 aromatic heterocycles. The van der Waals surface area contributed by atoms with E-state index in [1.807, 2.05) is 6.92 Å². The second-order valence-electron chi connectivity index (χ2n) is 4.36. The zero-order chi connectivity index (χ0) is 12.7. The summed E-state index contributed by atoms with van der Waals surface area (Å²) >= 11 is 1.44. The average Bonchev–Trinajstić information content (AvgIpc) is 2.70. The standard InChI is InChI=1S/C12H24N4S/c1-5-16(6-2)9-7-8-10(3)13-12-14-11(4)15-17-12/h10H,5-9H2,1-4H3,(H,13,14,15). The Morgan fingerprint density at radius 3 is 2.59 bits per heavy atom. The molecular weight excluding hydrogens is 232 g/mol. The first-order chi connectivity index (χ1) is 8.15. The minimum atomic E-state index is 0.470. The van der Waals surface area contributed by atoms with Crippen LogP contribution in [0.3, 0.4) is 0 Å². The Morgan fingerprint density at radius 1 is 1.35 bits per heavy atom. The molecule has 1 unspecified atom stereocenters. The van der Waals surface area contributed by atoms with Gasteiger partial charge >= 0.3 is 0 Å². The lowest BCUT2D eigenvalue weighted by Crippen LogP contribution is -2.25. The highest BCUT2D eigenvalue weighted by Crippen LogP contribution is 2.13. The molecule has 5 heteroatoms. The minimum absolute atomic E-state index is 0.470. The van der Waals surface area contributed by atoms with Gasteiger partial charge in [-0.15, -0.1) is 0 Å². The number of anilines is 1. The van der Waals surface area contributed by atoms with Crippen molar-refractivity contribution < 1.29 is 0 Å². The summed E-state index contributed by atoms with van der Waals surface area (Å²) in [5.74, 6) is 0.854. The van der Waals surface area contributed by atoms with Crippen molar-refractivity contribution in [3.8, 4) is 0 Å². The highest BCUT2D eigenvalue weighted by atomic mass is 32.1. The first kappa shape index (κ1) is 14.4. The fraction of sp³-hybridized carbons (Fsp3) is 0.833. The monoisotopic (exact) mass is 256 g/mol. The van der Waals surface area contributed by atoms with Gasteiger partial charge in [0, 0.05) is 17.6 Å². The Kier molecular flexibility index (Phi) is 6.44. The summed E-state index contributed by atoms with van der Waals surface area (Å²) in [6.07, 6.45) is 2.41. The molecule has 17 heavy (non-hydrogen) atoms. The van der Waals surface area contributed by atoms with Crippen LogP contribution >= 0.6 is 11.5 Å². The van der Waals surface area contributed by atoms with Gasteiger partial charge in [0.25, 0.3) is 0 Å². The van der Waals surface area contributed by atoms with Gasteiger partial charge in [-0.2, -0.15) is 4.37 Å². The molecule has 0 spiro atoms. The lowest BCUT2D eigenvalue weighted by molar-refractivity contribution is 0.295. The molecule has 4 nitrogen and oxygen atoms in total. The molecule has 1 rings (SSSR count).